The van der Waals surface area contributed by atoms with Crippen molar-refractivity contribution >= 4 is 23.2 Å². The molecule has 1 N–H and O–H groups in total. The van der Waals surface area contributed by atoms with E-state index < -0.39 is 30.1 Å². The number of nitrogens with zero attached hydrogens (tertiary/aromatic N) is 5. The van der Waals surface area contributed by atoms with Crippen LogP contribution in [0.15, 0.2) is 84.9 Å². The summed E-state index contributed by atoms with van der Waals surface area (Å²) in [6.07, 6.45) is -0.656. The molecule has 6 rings (SSSR count). The quantitative estimate of drug-likeness (QED) is 0.339. The van der Waals surface area contributed by atoms with Crippen molar-refractivity contribution in [3.05, 3.63) is 96.3 Å². The Morgan fingerprint density at radius 1 is 0.886 bits per heavy atom. The first kappa shape index (κ1) is 29.7. The fourth-order valence-corrected chi connectivity index (χ4v) is 6.08. The number of allylic oxidation sites excluding steroid dienone is 1. The van der Waals surface area contributed by atoms with Crippen LogP contribution in [0.1, 0.15) is 30.7 Å². The van der Waals surface area contributed by atoms with Gasteiger partial charge >= 0.3 is 12.2 Å². The number of amides is 2. The molecule has 2 fully saturated rings. The summed E-state index contributed by atoms with van der Waals surface area (Å²) in [4.78, 5) is 23.9. The van der Waals surface area contributed by atoms with E-state index in [-0.39, 0.29) is 11.4 Å². The number of carbonyl (C=O) groups is 1. The van der Waals surface area contributed by atoms with E-state index in [4.69, 9.17) is 4.74 Å². The molecule has 8 nitrogen and oxygen atoms in total. The molecule has 0 saturated carbocycles. The highest BCUT2D eigenvalue weighted by molar-refractivity contribution is 5.89. The van der Waals surface area contributed by atoms with Crippen molar-refractivity contribution in [2.45, 2.75) is 37.7 Å². The summed E-state index contributed by atoms with van der Waals surface area (Å²) in [6.45, 7) is 2.91. The molecular formula is C32H34F4N6O2. The number of likely N-dealkylation sites (tertiary alicyclic amines) is 1. The lowest BCUT2D eigenvalue weighted by Crippen LogP contribution is -2.50. The molecule has 0 aliphatic carbocycles. The van der Waals surface area contributed by atoms with Crippen molar-refractivity contribution < 1.29 is 27.1 Å². The topological polar surface area (TPSA) is 64.2 Å². The maximum Gasteiger partial charge on any atom is 0.434 e. The number of halogens is 4. The van der Waals surface area contributed by atoms with Crippen LogP contribution >= 0.6 is 0 Å². The molecule has 2 saturated heterocycles. The van der Waals surface area contributed by atoms with Gasteiger partial charge in [-0.3, -0.25) is 9.80 Å². The fourth-order valence-electron chi connectivity index (χ4n) is 6.08. The van der Waals surface area contributed by atoms with Crippen LogP contribution < -0.4 is 15.1 Å². The van der Waals surface area contributed by atoms with E-state index in [1.807, 2.05) is 28.0 Å². The first-order chi connectivity index (χ1) is 21.3. The maximum absolute atomic E-state index is 14.1. The molecule has 0 spiro atoms. The second kappa shape index (κ2) is 12.7. The van der Waals surface area contributed by atoms with E-state index in [9.17, 15) is 22.4 Å². The fraction of sp³-hybridized carbons (Fsp3) is 0.375. The van der Waals surface area contributed by atoms with Gasteiger partial charge in [0.25, 0.3) is 0 Å². The number of alkyl halides is 3. The van der Waals surface area contributed by atoms with E-state index in [0.717, 1.165) is 25.5 Å². The highest BCUT2D eigenvalue weighted by Crippen LogP contribution is 2.40. The average Bonchev–Trinajstić information content (AvgIpc) is 3.35. The molecule has 2 amide bonds. The van der Waals surface area contributed by atoms with Gasteiger partial charge in [0.05, 0.1) is 17.6 Å². The van der Waals surface area contributed by atoms with Crippen LogP contribution in [0, 0.1) is 5.82 Å². The van der Waals surface area contributed by atoms with Crippen molar-refractivity contribution in [3.63, 3.8) is 0 Å². The highest BCUT2D eigenvalue weighted by Gasteiger charge is 2.47. The van der Waals surface area contributed by atoms with Gasteiger partial charge in [-0.1, -0.05) is 42.5 Å². The van der Waals surface area contributed by atoms with Crippen molar-refractivity contribution in [2.75, 3.05) is 54.4 Å². The average molecular weight is 611 g/mol. The Kier molecular flexibility index (Phi) is 8.60. The SMILES string of the molecule is O=C(Nc1ccccc1F)N1CCN(c2ccc(N3C(C(F)(F)F)=COC3N3CCCC(c4ccccc4)CC3)cn2)CC1. The van der Waals surface area contributed by atoms with E-state index >= 15 is 0 Å². The van der Waals surface area contributed by atoms with Crippen LogP contribution in [0.3, 0.4) is 0 Å². The van der Waals surface area contributed by atoms with Gasteiger partial charge < -0.3 is 19.9 Å². The molecule has 44 heavy (non-hydrogen) atoms. The van der Waals surface area contributed by atoms with Crippen LogP contribution in [-0.2, 0) is 4.74 Å². The van der Waals surface area contributed by atoms with Gasteiger partial charge in [0, 0.05) is 39.3 Å². The minimum Gasteiger partial charge on any atom is -0.462 e. The Morgan fingerprint density at radius 3 is 2.34 bits per heavy atom. The molecule has 12 heteroatoms. The lowest BCUT2D eigenvalue weighted by atomic mass is 9.92. The molecule has 2 aromatic carbocycles. The standard InChI is InChI=1S/C32H34F4N6O2/c33-26-10-4-5-11-27(26)38-30(43)40-19-17-39(18-20-40)29-13-12-25(21-37-29)42-28(32(34,35)36)22-44-31(42)41-15-6-9-24(14-16-41)23-7-2-1-3-8-23/h1-5,7-8,10-13,21-22,24,31H,6,9,14-20H2,(H,38,43). The van der Waals surface area contributed by atoms with Gasteiger partial charge in [-0.05, 0) is 55.0 Å². The Balaban J connectivity index is 1.11. The summed E-state index contributed by atoms with van der Waals surface area (Å²) in [5.74, 6) is 0.431. The Morgan fingerprint density at radius 2 is 1.64 bits per heavy atom. The molecule has 1 aromatic heterocycles. The van der Waals surface area contributed by atoms with Crippen LogP contribution in [0.2, 0.25) is 0 Å². The molecule has 3 aliphatic rings. The smallest absolute Gasteiger partial charge is 0.434 e. The lowest BCUT2D eigenvalue weighted by Gasteiger charge is -2.36. The van der Waals surface area contributed by atoms with E-state index in [0.29, 0.717) is 51.0 Å². The first-order valence-corrected chi connectivity index (χ1v) is 14.8. The summed E-state index contributed by atoms with van der Waals surface area (Å²) >= 11 is 0. The maximum atomic E-state index is 14.1. The highest BCUT2D eigenvalue weighted by atomic mass is 19.4. The van der Waals surface area contributed by atoms with Crippen LogP contribution in [0.25, 0.3) is 0 Å². The number of carbonyl (C=O) groups excluding carboxylic acids is 1. The predicted octanol–water partition coefficient (Wildman–Crippen LogP) is 6.37. The van der Waals surface area contributed by atoms with Gasteiger partial charge in [0.2, 0.25) is 6.35 Å². The number of hydrogen-bond donors (Lipinski definition) is 1. The van der Waals surface area contributed by atoms with Gasteiger partial charge in [-0.25, -0.2) is 14.2 Å². The Hall–Kier alpha value is -4.32. The van der Waals surface area contributed by atoms with E-state index in [2.05, 4.69) is 22.4 Å². The third-order valence-electron chi connectivity index (χ3n) is 8.44. The Bertz CT molecular complexity index is 1460. The van der Waals surface area contributed by atoms with Gasteiger partial charge in [-0.2, -0.15) is 13.2 Å². The zero-order chi connectivity index (χ0) is 30.7. The normalized spacial score (nSPS) is 21.5. The minimum absolute atomic E-state index is 0.116. The Labute approximate surface area is 253 Å². The number of benzene rings is 2. The number of piperazine rings is 1. The molecule has 4 heterocycles. The van der Waals surface area contributed by atoms with Crippen molar-refractivity contribution in [3.8, 4) is 0 Å². The first-order valence-electron chi connectivity index (χ1n) is 14.8. The molecule has 3 aromatic rings. The monoisotopic (exact) mass is 610 g/mol. The minimum atomic E-state index is -4.61. The number of nitrogens with one attached hydrogen (secondary N) is 1. The lowest BCUT2D eigenvalue weighted by molar-refractivity contribution is -0.0940. The summed E-state index contributed by atoms with van der Waals surface area (Å²) in [6, 6.07) is 19.1. The third kappa shape index (κ3) is 6.45. The van der Waals surface area contributed by atoms with Gasteiger partial charge in [0.1, 0.15) is 17.9 Å². The van der Waals surface area contributed by atoms with Gasteiger partial charge in [0.15, 0.2) is 5.70 Å². The number of pyridine rings is 1. The summed E-state index contributed by atoms with van der Waals surface area (Å²) < 4.78 is 62.0. The van der Waals surface area contributed by atoms with E-state index in [1.165, 1.54) is 28.8 Å². The zero-order valence-corrected chi connectivity index (χ0v) is 24.1. The molecule has 3 aliphatic heterocycles. The van der Waals surface area contributed by atoms with Crippen molar-refractivity contribution in [1.29, 1.82) is 0 Å². The summed E-state index contributed by atoms with van der Waals surface area (Å²) in [7, 11) is 0. The third-order valence-corrected chi connectivity index (χ3v) is 8.44. The molecule has 0 radical (unpaired) electrons. The number of rotatable bonds is 5. The molecule has 0 bridgehead atoms. The summed E-state index contributed by atoms with van der Waals surface area (Å²) in [5.41, 5.74) is 0.783. The van der Waals surface area contributed by atoms with Crippen LogP contribution in [0.5, 0.6) is 0 Å². The second-order valence-corrected chi connectivity index (χ2v) is 11.2. The van der Waals surface area contributed by atoms with Crippen molar-refractivity contribution in [2.24, 2.45) is 0 Å². The molecule has 2 atom stereocenters. The number of aromatic nitrogens is 1. The van der Waals surface area contributed by atoms with Crippen molar-refractivity contribution in [1.82, 2.24) is 14.8 Å². The zero-order valence-electron chi connectivity index (χ0n) is 24.1. The van der Waals surface area contributed by atoms with Gasteiger partial charge in [-0.15, -0.1) is 0 Å². The molecule has 232 valence electrons. The molecule has 2 unspecified atom stereocenters. The summed E-state index contributed by atoms with van der Waals surface area (Å²) in [5, 5.41) is 2.59. The number of urea groups is 1. The number of hydrogen-bond acceptors (Lipinski definition) is 6. The second-order valence-electron chi connectivity index (χ2n) is 11.2. The number of para-hydroxylation sites is 1. The van der Waals surface area contributed by atoms with E-state index in [1.54, 1.807) is 29.2 Å². The van der Waals surface area contributed by atoms with Crippen LogP contribution in [0.4, 0.5) is 39.5 Å². The largest absolute Gasteiger partial charge is 0.462 e. The number of ether oxygens (including phenoxy) is 1. The predicted molar refractivity (Wildman–Crippen MR) is 160 cm³/mol. The van der Waals surface area contributed by atoms with Crippen LogP contribution in [-0.4, -0.2) is 72.6 Å². The molecular weight excluding hydrogens is 576 g/mol. The number of anilines is 3.